The highest BCUT2D eigenvalue weighted by Crippen LogP contribution is 2.19. The number of hydrogen-bond acceptors (Lipinski definition) is 5. The van der Waals surface area contributed by atoms with Gasteiger partial charge in [0.2, 0.25) is 5.91 Å². The Morgan fingerprint density at radius 2 is 2.39 bits per heavy atom. The molecule has 0 aliphatic heterocycles. The van der Waals surface area contributed by atoms with Crippen molar-refractivity contribution in [1.29, 1.82) is 0 Å². The number of anilines is 2. The smallest absolute Gasteiger partial charge is 0.223 e. The standard InChI is InChI=1S/C12H13N3O2S/c1-8(16)14-12-15-10(7-18-12)6-17-11-4-2-3-9(13)5-11/h2-5,7H,6,13H2,1H3,(H,14,15,16). The van der Waals surface area contributed by atoms with E-state index in [0.29, 0.717) is 23.2 Å². The van der Waals surface area contributed by atoms with E-state index >= 15 is 0 Å². The van der Waals surface area contributed by atoms with Crippen LogP contribution < -0.4 is 15.8 Å². The molecular formula is C12H13N3O2S. The van der Waals surface area contributed by atoms with E-state index in [0.717, 1.165) is 5.69 Å². The number of nitrogens with zero attached hydrogens (tertiary/aromatic N) is 1. The fourth-order valence-electron chi connectivity index (χ4n) is 1.34. The fourth-order valence-corrected chi connectivity index (χ4v) is 2.08. The molecule has 0 atom stereocenters. The Labute approximate surface area is 109 Å². The number of nitrogens with two attached hydrogens (primary N) is 1. The zero-order valence-corrected chi connectivity index (χ0v) is 10.7. The van der Waals surface area contributed by atoms with E-state index in [1.54, 1.807) is 12.1 Å². The Morgan fingerprint density at radius 1 is 1.56 bits per heavy atom. The molecule has 1 aromatic heterocycles. The number of hydrogen-bond donors (Lipinski definition) is 2. The lowest BCUT2D eigenvalue weighted by atomic mass is 10.3. The molecule has 0 spiro atoms. The number of carbonyl (C=O) groups is 1. The third kappa shape index (κ3) is 3.46. The molecule has 0 aliphatic rings. The van der Waals surface area contributed by atoms with Crippen molar-refractivity contribution in [3.8, 4) is 5.75 Å². The summed E-state index contributed by atoms with van der Waals surface area (Å²) in [5, 5.41) is 5.05. The summed E-state index contributed by atoms with van der Waals surface area (Å²) in [7, 11) is 0. The van der Waals surface area contributed by atoms with Gasteiger partial charge >= 0.3 is 0 Å². The van der Waals surface area contributed by atoms with Gasteiger partial charge in [0.1, 0.15) is 12.4 Å². The maximum atomic E-state index is 10.8. The summed E-state index contributed by atoms with van der Waals surface area (Å²) in [5.74, 6) is 0.566. The average Bonchev–Trinajstić information content (AvgIpc) is 2.73. The van der Waals surface area contributed by atoms with E-state index < -0.39 is 0 Å². The maximum absolute atomic E-state index is 10.8. The topological polar surface area (TPSA) is 77.2 Å². The number of thiazole rings is 1. The van der Waals surface area contributed by atoms with Crippen LogP contribution in [-0.2, 0) is 11.4 Å². The molecule has 1 aromatic carbocycles. The van der Waals surface area contributed by atoms with Gasteiger partial charge in [-0.25, -0.2) is 4.98 Å². The number of aromatic nitrogens is 1. The lowest BCUT2D eigenvalue weighted by Crippen LogP contribution is -2.05. The zero-order chi connectivity index (χ0) is 13.0. The SMILES string of the molecule is CC(=O)Nc1nc(COc2cccc(N)c2)cs1. The van der Waals surface area contributed by atoms with Crippen molar-refractivity contribution in [2.75, 3.05) is 11.1 Å². The number of ether oxygens (including phenoxy) is 1. The molecule has 1 heterocycles. The second kappa shape index (κ2) is 5.50. The lowest BCUT2D eigenvalue weighted by molar-refractivity contribution is -0.114. The first-order valence-electron chi connectivity index (χ1n) is 5.34. The van der Waals surface area contributed by atoms with Gasteiger partial charge in [0.25, 0.3) is 0 Å². The molecule has 0 saturated carbocycles. The highest BCUT2D eigenvalue weighted by atomic mass is 32.1. The molecule has 0 fully saturated rings. The molecule has 18 heavy (non-hydrogen) atoms. The van der Waals surface area contributed by atoms with Gasteiger partial charge in [0.15, 0.2) is 5.13 Å². The quantitative estimate of drug-likeness (QED) is 0.829. The van der Waals surface area contributed by atoms with E-state index in [9.17, 15) is 4.79 Å². The number of nitrogen functional groups attached to an aromatic ring is 1. The molecule has 2 rings (SSSR count). The Morgan fingerprint density at radius 3 is 3.11 bits per heavy atom. The summed E-state index contributed by atoms with van der Waals surface area (Å²) < 4.78 is 5.54. The largest absolute Gasteiger partial charge is 0.487 e. The zero-order valence-electron chi connectivity index (χ0n) is 9.84. The molecule has 1 amide bonds. The summed E-state index contributed by atoms with van der Waals surface area (Å²) in [4.78, 5) is 15.1. The van der Waals surface area contributed by atoms with Crippen LogP contribution in [-0.4, -0.2) is 10.9 Å². The molecular weight excluding hydrogens is 250 g/mol. The summed E-state index contributed by atoms with van der Waals surface area (Å²) in [6.07, 6.45) is 0. The van der Waals surface area contributed by atoms with E-state index in [1.165, 1.54) is 18.3 Å². The van der Waals surface area contributed by atoms with Crippen LogP contribution in [0.2, 0.25) is 0 Å². The van der Waals surface area contributed by atoms with E-state index in [2.05, 4.69) is 10.3 Å². The van der Waals surface area contributed by atoms with Gasteiger partial charge in [-0.1, -0.05) is 6.07 Å². The summed E-state index contributed by atoms with van der Waals surface area (Å²) in [6, 6.07) is 7.21. The minimum absolute atomic E-state index is 0.132. The summed E-state index contributed by atoms with van der Waals surface area (Å²) >= 11 is 1.37. The van der Waals surface area contributed by atoms with Crippen molar-refractivity contribution in [3.05, 3.63) is 35.3 Å². The average molecular weight is 263 g/mol. The van der Waals surface area contributed by atoms with Crippen LogP contribution >= 0.6 is 11.3 Å². The van der Waals surface area contributed by atoms with Crippen LogP contribution in [0.1, 0.15) is 12.6 Å². The Bertz CT molecular complexity index is 554. The van der Waals surface area contributed by atoms with Gasteiger partial charge in [-0.3, -0.25) is 4.79 Å². The van der Waals surface area contributed by atoms with E-state index in [-0.39, 0.29) is 5.91 Å². The third-order valence-corrected chi connectivity index (χ3v) is 2.89. The predicted molar refractivity (Wildman–Crippen MR) is 71.6 cm³/mol. The molecule has 0 radical (unpaired) electrons. The first-order valence-corrected chi connectivity index (χ1v) is 6.22. The monoisotopic (exact) mass is 263 g/mol. The molecule has 0 saturated heterocycles. The molecule has 0 aliphatic carbocycles. The van der Waals surface area contributed by atoms with Crippen molar-refractivity contribution in [2.45, 2.75) is 13.5 Å². The second-order valence-electron chi connectivity index (χ2n) is 3.69. The first-order chi connectivity index (χ1) is 8.63. The van der Waals surface area contributed by atoms with Crippen LogP contribution in [0.4, 0.5) is 10.8 Å². The van der Waals surface area contributed by atoms with Gasteiger partial charge in [-0.15, -0.1) is 11.3 Å². The predicted octanol–water partition coefficient (Wildman–Crippen LogP) is 2.26. The lowest BCUT2D eigenvalue weighted by Gasteiger charge is -2.04. The van der Waals surface area contributed by atoms with E-state index in [1.807, 2.05) is 17.5 Å². The molecule has 3 N–H and O–H groups in total. The Balaban J connectivity index is 1.94. The number of amides is 1. The molecule has 5 nitrogen and oxygen atoms in total. The molecule has 2 aromatic rings. The minimum atomic E-state index is -0.132. The number of carbonyl (C=O) groups excluding carboxylic acids is 1. The maximum Gasteiger partial charge on any atom is 0.223 e. The van der Waals surface area contributed by atoms with Crippen LogP contribution in [0.15, 0.2) is 29.6 Å². The van der Waals surface area contributed by atoms with Gasteiger partial charge < -0.3 is 15.8 Å². The van der Waals surface area contributed by atoms with Gasteiger partial charge in [-0.05, 0) is 12.1 Å². The summed E-state index contributed by atoms with van der Waals surface area (Å²) in [5.41, 5.74) is 7.07. The molecule has 0 unspecified atom stereocenters. The second-order valence-corrected chi connectivity index (χ2v) is 4.54. The Hall–Kier alpha value is -2.08. The van der Waals surface area contributed by atoms with Crippen LogP contribution in [0.5, 0.6) is 5.75 Å². The van der Waals surface area contributed by atoms with Crippen LogP contribution in [0, 0.1) is 0 Å². The highest BCUT2D eigenvalue weighted by Gasteiger charge is 2.04. The van der Waals surface area contributed by atoms with Crippen molar-refractivity contribution in [1.82, 2.24) is 4.98 Å². The minimum Gasteiger partial charge on any atom is -0.487 e. The molecule has 6 heteroatoms. The molecule has 94 valence electrons. The third-order valence-electron chi connectivity index (χ3n) is 2.08. The fraction of sp³-hybridized carbons (Fsp3) is 0.167. The van der Waals surface area contributed by atoms with Crippen LogP contribution in [0.25, 0.3) is 0 Å². The Kier molecular flexibility index (Phi) is 3.78. The van der Waals surface area contributed by atoms with Gasteiger partial charge in [0, 0.05) is 24.1 Å². The summed E-state index contributed by atoms with van der Waals surface area (Å²) in [6.45, 7) is 1.80. The number of rotatable bonds is 4. The van der Waals surface area contributed by atoms with Crippen molar-refractivity contribution in [3.63, 3.8) is 0 Å². The van der Waals surface area contributed by atoms with Crippen LogP contribution in [0.3, 0.4) is 0 Å². The normalized spacial score (nSPS) is 10.1. The number of nitrogens with one attached hydrogen (secondary N) is 1. The molecule has 0 bridgehead atoms. The van der Waals surface area contributed by atoms with E-state index in [4.69, 9.17) is 10.5 Å². The first kappa shape index (κ1) is 12.4. The van der Waals surface area contributed by atoms with Crippen molar-refractivity contribution < 1.29 is 9.53 Å². The van der Waals surface area contributed by atoms with Crippen molar-refractivity contribution in [2.24, 2.45) is 0 Å². The number of benzene rings is 1. The van der Waals surface area contributed by atoms with Crippen molar-refractivity contribution >= 4 is 28.1 Å². The van der Waals surface area contributed by atoms with Gasteiger partial charge in [0.05, 0.1) is 5.69 Å². The van der Waals surface area contributed by atoms with Gasteiger partial charge in [-0.2, -0.15) is 0 Å². The highest BCUT2D eigenvalue weighted by molar-refractivity contribution is 7.13.